The summed E-state index contributed by atoms with van der Waals surface area (Å²) in [6.07, 6.45) is 4.13. The molecule has 1 unspecified atom stereocenters. The van der Waals surface area contributed by atoms with Crippen LogP contribution in [0.25, 0.3) is 0 Å². The van der Waals surface area contributed by atoms with Gasteiger partial charge in [-0.25, -0.2) is 8.42 Å². The maximum Gasteiger partial charge on any atom is 0.160 e. The summed E-state index contributed by atoms with van der Waals surface area (Å²) in [5, 5.41) is -0.315. The maximum absolute atomic E-state index is 11.5. The van der Waals surface area contributed by atoms with Crippen LogP contribution in [0.5, 0.6) is 0 Å². The fourth-order valence-corrected chi connectivity index (χ4v) is 3.05. The van der Waals surface area contributed by atoms with E-state index in [2.05, 4.69) is 0 Å². The largest absolute Gasteiger partial charge is 0.228 e. The monoisotopic (exact) mass is 208 g/mol. The first kappa shape index (κ1) is 9.46. The zero-order valence-corrected chi connectivity index (χ0v) is 8.57. The van der Waals surface area contributed by atoms with Crippen LogP contribution in [0.4, 0.5) is 0 Å². The highest BCUT2D eigenvalue weighted by molar-refractivity contribution is 7.92. The normalized spacial score (nSPS) is 23.9. The Labute approximate surface area is 84.2 Å². The molecule has 1 atom stereocenters. The Bertz CT molecular complexity index is 432. The van der Waals surface area contributed by atoms with Gasteiger partial charge in [0.15, 0.2) is 9.84 Å². The van der Waals surface area contributed by atoms with Gasteiger partial charge in [-0.2, -0.15) is 0 Å². The molecule has 0 radical (unpaired) electrons. The number of sulfone groups is 1. The van der Waals surface area contributed by atoms with Crippen LogP contribution < -0.4 is 0 Å². The van der Waals surface area contributed by atoms with Gasteiger partial charge < -0.3 is 0 Å². The van der Waals surface area contributed by atoms with Crippen molar-refractivity contribution in [3.63, 3.8) is 0 Å². The highest BCUT2D eigenvalue weighted by Crippen LogP contribution is 2.17. The molecule has 0 N–H and O–H groups in total. The van der Waals surface area contributed by atoms with E-state index < -0.39 is 9.84 Å². The highest BCUT2D eigenvalue weighted by Gasteiger charge is 2.26. The molecule has 1 heterocycles. The first-order valence-electron chi connectivity index (χ1n) is 4.61. The third-order valence-corrected chi connectivity index (χ3v) is 4.32. The minimum absolute atomic E-state index is 0.199. The van der Waals surface area contributed by atoms with E-state index in [4.69, 9.17) is 0 Å². The molecule has 2 rings (SSSR count). The molecule has 1 aliphatic heterocycles. The molecule has 0 saturated carbocycles. The molecule has 0 aromatic heterocycles. The molecule has 1 aliphatic rings. The summed E-state index contributed by atoms with van der Waals surface area (Å²) in [4.78, 5) is 0. The SMILES string of the molecule is O=S1(=O)CC=CC1Cc1ccccc1. The molecule has 2 nitrogen and oxygen atoms in total. The molecule has 0 bridgehead atoms. The fraction of sp³-hybridized carbons (Fsp3) is 0.273. The molecular formula is C11H12O2S. The molecule has 0 amide bonds. The summed E-state index contributed by atoms with van der Waals surface area (Å²) in [7, 11) is -2.90. The van der Waals surface area contributed by atoms with Gasteiger partial charge in [-0.15, -0.1) is 0 Å². The van der Waals surface area contributed by atoms with Crippen LogP contribution in [0.2, 0.25) is 0 Å². The quantitative estimate of drug-likeness (QED) is 0.691. The van der Waals surface area contributed by atoms with Crippen LogP contribution in [0.3, 0.4) is 0 Å². The van der Waals surface area contributed by atoms with Crippen molar-refractivity contribution >= 4 is 9.84 Å². The van der Waals surface area contributed by atoms with Crippen LogP contribution in [0.1, 0.15) is 5.56 Å². The van der Waals surface area contributed by atoms with Gasteiger partial charge in [0, 0.05) is 0 Å². The smallest absolute Gasteiger partial charge is 0.160 e. The second-order valence-electron chi connectivity index (χ2n) is 3.49. The third kappa shape index (κ3) is 1.87. The lowest BCUT2D eigenvalue weighted by Gasteiger charge is -2.07. The van der Waals surface area contributed by atoms with Crippen LogP contribution in [-0.4, -0.2) is 19.4 Å². The Hall–Kier alpha value is -1.09. The lowest BCUT2D eigenvalue weighted by molar-refractivity contribution is 0.593. The van der Waals surface area contributed by atoms with Gasteiger partial charge in [0.2, 0.25) is 0 Å². The second-order valence-corrected chi connectivity index (χ2v) is 5.75. The van der Waals surface area contributed by atoms with E-state index in [1.54, 1.807) is 12.2 Å². The molecule has 0 spiro atoms. The molecule has 3 heteroatoms. The molecule has 0 fully saturated rings. The highest BCUT2D eigenvalue weighted by atomic mass is 32.2. The first-order chi connectivity index (χ1) is 6.68. The van der Waals surface area contributed by atoms with Gasteiger partial charge in [0.05, 0.1) is 11.0 Å². The van der Waals surface area contributed by atoms with Gasteiger partial charge in [-0.05, 0) is 12.0 Å². The average Bonchev–Trinajstić information content (AvgIpc) is 2.48. The first-order valence-corrected chi connectivity index (χ1v) is 6.32. The number of hydrogen-bond donors (Lipinski definition) is 0. The van der Waals surface area contributed by atoms with E-state index in [1.165, 1.54) is 0 Å². The Morgan fingerprint density at radius 3 is 2.50 bits per heavy atom. The second kappa shape index (κ2) is 3.58. The number of hydrogen-bond acceptors (Lipinski definition) is 2. The van der Waals surface area contributed by atoms with Crippen molar-refractivity contribution in [1.82, 2.24) is 0 Å². The summed E-state index contributed by atoms with van der Waals surface area (Å²) in [6, 6.07) is 9.72. The molecular weight excluding hydrogens is 196 g/mol. The van der Waals surface area contributed by atoms with Crippen LogP contribution in [0.15, 0.2) is 42.5 Å². The Morgan fingerprint density at radius 1 is 1.21 bits per heavy atom. The summed E-state index contributed by atoms with van der Waals surface area (Å²) < 4.78 is 23.0. The Kier molecular flexibility index (Phi) is 2.42. The Morgan fingerprint density at radius 2 is 1.93 bits per heavy atom. The predicted molar refractivity (Wildman–Crippen MR) is 56.9 cm³/mol. The van der Waals surface area contributed by atoms with Gasteiger partial charge >= 0.3 is 0 Å². The van der Waals surface area contributed by atoms with Gasteiger partial charge in [-0.1, -0.05) is 42.5 Å². The summed E-state index contributed by atoms with van der Waals surface area (Å²) >= 11 is 0. The van der Waals surface area contributed by atoms with E-state index in [0.29, 0.717) is 6.42 Å². The minimum Gasteiger partial charge on any atom is -0.228 e. The van der Waals surface area contributed by atoms with Crippen molar-refractivity contribution < 1.29 is 8.42 Å². The third-order valence-electron chi connectivity index (χ3n) is 2.42. The van der Waals surface area contributed by atoms with E-state index in [-0.39, 0.29) is 11.0 Å². The average molecular weight is 208 g/mol. The molecule has 1 aromatic carbocycles. The van der Waals surface area contributed by atoms with Crippen molar-refractivity contribution in [1.29, 1.82) is 0 Å². The molecule has 0 saturated heterocycles. The van der Waals surface area contributed by atoms with Crippen LogP contribution >= 0.6 is 0 Å². The standard InChI is InChI=1S/C11H12O2S/c12-14(13)8-4-7-11(14)9-10-5-2-1-3-6-10/h1-7,11H,8-9H2. The summed E-state index contributed by atoms with van der Waals surface area (Å²) in [6.45, 7) is 0. The van der Waals surface area contributed by atoms with E-state index >= 15 is 0 Å². The molecule has 74 valence electrons. The zero-order valence-electron chi connectivity index (χ0n) is 7.76. The van der Waals surface area contributed by atoms with Gasteiger partial charge in [-0.3, -0.25) is 0 Å². The summed E-state index contributed by atoms with van der Waals surface area (Å²) in [5.74, 6) is 0.199. The topological polar surface area (TPSA) is 34.1 Å². The molecule has 0 aliphatic carbocycles. The van der Waals surface area contributed by atoms with Gasteiger partial charge in [0.1, 0.15) is 0 Å². The summed E-state index contributed by atoms with van der Waals surface area (Å²) in [5.41, 5.74) is 1.08. The fourth-order valence-electron chi connectivity index (χ4n) is 1.63. The lowest BCUT2D eigenvalue weighted by Crippen LogP contribution is -2.18. The van der Waals surface area contributed by atoms with E-state index in [9.17, 15) is 8.42 Å². The molecule has 14 heavy (non-hydrogen) atoms. The molecule has 1 aromatic rings. The van der Waals surface area contributed by atoms with Crippen LogP contribution in [-0.2, 0) is 16.3 Å². The predicted octanol–water partition coefficient (Wildman–Crippen LogP) is 1.58. The van der Waals surface area contributed by atoms with Crippen LogP contribution in [0, 0.1) is 0 Å². The van der Waals surface area contributed by atoms with Crippen molar-refractivity contribution in [2.24, 2.45) is 0 Å². The van der Waals surface area contributed by atoms with E-state index in [1.807, 2.05) is 30.3 Å². The number of rotatable bonds is 2. The Balaban J connectivity index is 2.17. The zero-order chi connectivity index (χ0) is 10.0. The van der Waals surface area contributed by atoms with E-state index in [0.717, 1.165) is 5.56 Å². The number of benzene rings is 1. The lowest BCUT2D eigenvalue weighted by atomic mass is 10.1. The van der Waals surface area contributed by atoms with Crippen molar-refractivity contribution in [2.45, 2.75) is 11.7 Å². The van der Waals surface area contributed by atoms with Crippen molar-refractivity contribution in [3.05, 3.63) is 48.0 Å². The minimum atomic E-state index is -2.90. The van der Waals surface area contributed by atoms with Crippen molar-refractivity contribution in [2.75, 3.05) is 5.75 Å². The van der Waals surface area contributed by atoms with Gasteiger partial charge in [0.25, 0.3) is 0 Å². The van der Waals surface area contributed by atoms with Crippen molar-refractivity contribution in [3.8, 4) is 0 Å². The maximum atomic E-state index is 11.5.